The molecule has 0 spiro atoms. The second-order valence-corrected chi connectivity index (χ2v) is 6.36. The van der Waals surface area contributed by atoms with Gasteiger partial charge in [-0.25, -0.2) is 0 Å². The number of rotatable bonds is 7. The number of halogens is 1. The number of nitrogens with zero attached hydrogens (tertiary/aromatic N) is 1. The molecule has 0 radical (unpaired) electrons. The lowest BCUT2D eigenvalue weighted by atomic mass is 10.1. The van der Waals surface area contributed by atoms with Gasteiger partial charge in [0, 0.05) is 17.1 Å². The quantitative estimate of drug-likeness (QED) is 0.839. The van der Waals surface area contributed by atoms with Crippen molar-refractivity contribution >= 4 is 17.5 Å². The van der Waals surface area contributed by atoms with Crippen molar-refractivity contribution < 1.29 is 9.21 Å². The van der Waals surface area contributed by atoms with Gasteiger partial charge in [-0.2, -0.15) is 0 Å². The van der Waals surface area contributed by atoms with Gasteiger partial charge in [0.2, 0.25) is 5.91 Å². The smallest absolute Gasteiger partial charge is 0.234 e. The molecule has 4 nitrogen and oxygen atoms in total. The highest BCUT2D eigenvalue weighted by Gasteiger charge is 2.34. The summed E-state index contributed by atoms with van der Waals surface area (Å²) in [5.41, 5.74) is 1.07. The van der Waals surface area contributed by atoms with E-state index in [9.17, 15) is 4.79 Å². The normalized spacial score (nSPS) is 15.6. The number of hydrogen-bond acceptors (Lipinski definition) is 3. The highest BCUT2D eigenvalue weighted by molar-refractivity contribution is 6.31. The van der Waals surface area contributed by atoms with E-state index in [1.165, 1.54) is 0 Å². The molecule has 0 unspecified atom stereocenters. The fourth-order valence-corrected chi connectivity index (χ4v) is 3.10. The number of amides is 1. The Morgan fingerprint density at radius 3 is 2.78 bits per heavy atom. The monoisotopic (exact) mass is 332 g/mol. The average molecular weight is 333 g/mol. The SMILES string of the molecule is C[C@H](c1ccccc1Cl)N(CC(=O)NCc1ccco1)C1CC1. The summed E-state index contributed by atoms with van der Waals surface area (Å²) in [6.45, 7) is 2.90. The third-order valence-corrected chi connectivity index (χ3v) is 4.58. The second kappa shape index (κ2) is 7.20. The molecule has 1 atom stereocenters. The Hall–Kier alpha value is -1.78. The molecular formula is C18H21ClN2O2. The van der Waals surface area contributed by atoms with E-state index in [0.717, 1.165) is 29.2 Å². The number of furan rings is 1. The summed E-state index contributed by atoms with van der Waals surface area (Å²) in [6.07, 6.45) is 3.89. The largest absolute Gasteiger partial charge is 0.467 e. The van der Waals surface area contributed by atoms with E-state index in [2.05, 4.69) is 17.1 Å². The zero-order chi connectivity index (χ0) is 16.2. The van der Waals surface area contributed by atoms with Crippen molar-refractivity contribution in [2.24, 2.45) is 0 Å². The molecular weight excluding hydrogens is 312 g/mol. The molecule has 1 aromatic heterocycles. The zero-order valence-corrected chi connectivity index (χ0v) is 13.9. The minimum Gasteiger partial charge on any atom is -0.467 e. The van der Waals surface area contributed by atoms with Crippen LogP contribution in [0.25, 0.3) is 0 Å². The summed E-state index contributed by atoms with van der Waals surface area (Å²) in [7, 11) is 0. The molecule has 0 bridgehead atoms. The standard InChI is InChI=1S/C18H21ClN2O2/c1-13(16-6-2-3-7-17(16)19)21(14-8-9-14)12-18(22)20-11-15-5-4-10-23-15/h2-7,10,13-14H,8-9,11-12H2,1H3,(H,20,22)/t13-/m1/s1. The first-order valence-corrected chi connectivity index (χ1v) is 8.32. The Balaban J connectivity index is 1.62. The maximum absolute atomic E-state index is 12.3. The molecule has 1 amide bonds. The van der Waals surface area contributed by atoms with E-state index in [1.54, 1.807) is 6.26 Å². The summed E-state index contributed by atoms with van der Waals surface area (Å²) in [5, 5.41) is 3.66. The first-order valence-electron chi connectivity index (χ1n) is 7.94. The Bertz CT molecular complexity index is 653. The Kier molecular flexibility index (Phi) is 5.03. The minimum atomic E-state index is 0.00667. The van der Waals surface area contributed by atoms with Gasteiger partial charge in [-0.1, -0.05) is 29.8 Å². The first-order chi connectivity index (χ1) is 11.1. The van der Waals surface area contributed by atoms with Crippen molar-refractivity contribution in [3.05, 3.63) is 59.0 Å². The number of nitrogens with one attached hydrogen (secondary N) is 1. The van der Waals surface area contributed by atoms with Gasteiger partial charge in [0.05, 0.1) is 19.4 Å². The molecule has 1 fully saturated rings. The molecule has 5 heteroatoms. The van der Waals surface area contributed by atoms with Crippen molar-refractivity contribution in [1.29, 1.82) is 0 Å². The van der Waals surface area contributed by atoms with E-state index in [1.807, 2.05) is 36.4 Å². The molecule has 122 valence electrons. The molecule has 0 saturated heterocycles. The Morgan fingerprint density at radius 1 is 1.35 bits per heavy atom. The lowest BCUT2D eigenvalue weighted by molar-refractivity contribution is -0.123. The number of carbonyl (C=O) groups excluding carboxylic acids is 1. The molecule has 0 aliphatic heterocycles. The summed E-state index contributed by atoms with van der Waals surface area (Å²) in [5.74, 6) is 0.766. The van der Waals surface area contributed by atoms with Crippen LogP contribution in [0.2, 0.25) is 5.02 Å². The van der Waals surface area contributed by atoms with Crippen LogP contribution in [0, 0.1) is 0 Å². The lowest BCUT2D eigenvalue weighted by Gasteiger charge is -2.29. The molecule has 1 aliphatic rings. The molecule has 1 N–H and O–H groups in total. The summed E-state index contributed by atoms with van der Waals surface area (Å²) in [4.78, 5) is 14.5. The van der Waals surface area contributed by atoms with Crippen LogP contribution in [-0.2, 0) is 11.3 Å². The topological polar surface area (TPSA) is 45.5 Å². The molecule has 1 heterocycles. The van der Waals surface area contributed by atoms with Crippen LogP contribution in [0.5, 0.6) is 0 Å². The van der Waals surface area contributed by atoms with Gasteiger partial charge >= 0.3 is 0 Å². The van der Waals surface area contributed by atoms with Crippen molar-refractivity contribution in [2.75, 3.05) is 6.54 Å². The van der Waals surface area contributed by atoms with Crippen molar-refractivity contribution in [1.82, 2.24) is 10.2 Å². The summed E-state index contributed by atoms with van der Waals surface area (Å²) in [6, 6.07) is 12.1. The predicted molar refractivity (Wildman–Crippen MR) is 90.1 cm³/mol. The molecule has 1 aromatic carbocycles. The minimum absolute atomic E-state index is 0.00667. The van der Waals surface area contributed by atoms with Crippen LogP contribution >= 0.6 is 11.6 Å². The predicted octanol–water partition coefficient (Wildman–Crippen LogP) is 3.77. The van der Waals surface area contributed by atoms with Crippen molar-refractivity contribution in [3.63, 3.8) is 0 Å². The van der Waals surface area contributed by atoms with Gasteiger partial charge in [-0.3, -0.25) is 9.69 Å². The maximum atomic E-state index is 12.3. The first kappa shape index (κ1) is 16.1. The van der Waals surface area contributed by atoms with Gasteiger partial charge in [-0.05, 0) is 43.5 Å². The Labute approximate surface area is 141 Å². The van der Waals surface area contributed by atoms with E-state index in [0.29, 0.717) is 19.1 Å². The highest BCUT2D eigenvalue weighted by atomic mass is 35.5. The lowest BCUT2D eigenvalue weighted by Crippen LogP contribution is -2.39. The van der Waals surface area contributed by atoms with E-state index >= 15 is 0 Å². The van der Waals surface area contributed by atoms with Crippen molar-refractivity contribution in [3.8, 4) is 0 Å². The van der Waals surface area contributed by atoms with Gasteiger partial charge in [0.1, 0.15) is 5.76 Å². The summed E-state index contributed by atoms with van der Waals surface area (Å²) >= 11 is 6.31. The third kappa shape index (κ3) is 4.15. The van der Waals surface area contributed by atoms with Crippen LogP contribution in [-0.4, -0.2) is 23.4 Å². The van der Waals surface area contributed by atoms with E-state index in [-0.39, 0.29) is 11.9 Å². The molecule has 23 heavy (non-hydrogen) atoms. The zero-order valence-electron chi connectivity index (χ0n) is 13.2. The fourth-order valence-electron chi connectivity index (χ4n) is 2.80. The molecule has 2 aromatic rings. The van der Waals surface area contributed by atoms with Crippen LogP contribution < -0.4 is 5.32 Å². The van der Waals surface area contributed by atoms with Crippen LogP contribution in [0.4, 0.5) is 0 Å². The van der Waals surface area contributed by atoms with Crippen molar-refractivity contribution in [2.45, 2.75) is 38.4 Å². The van der Waals surface area contributed by atoms with Gasteiger partial charge in [0.25, 0.3) is 0 Å². The van der Waals surface area contributed by atoms with Crippen LogP contribution in [0.15, 0.2) is 47.1 Å². The van der Waals surface area contributed by atoms with Crippen LogP contribution in [0.3, 0.4) is 0 Å². The van der Waals surface area contributed by atoms with E-state index in [4.69, 9.17) is 16.0 Å². The van der Waals surface area contributed by atoms with Gasteiger partial charge in [-0.15, -0.1) is 0 Å². The number of carbonyl (C=O) groups is 1. The second-order valence-electron chi connectivity index (χ2n) is 5.96. The van der Waals surface area contributed by atoms with Crippen LogP contribution in [0.1, 0.15) is 37.1 Å². The van der Waals surface area contributed by atoms with Gasteiger partial charge in [0.15, 0.2) is 0 Å². The molecule has 3 rings (SSSR count). The fraction of sp³-hybridized carbons (Fsp3) is 0.389. The molecule has 1 saturated carbocycles. The average Bonchev–Trinajstić information content (AvgIpc) is 3.25. The molecule has 1 aliphatic carbocycles. The Morgan fingerprint density at radius 2 is 2.13 bits per heavy atom. The number of hydrogen-bond donors (Lipinski definition) is 1. The van der Waals surface area contributed by atoms with Gasteiger partial charge < -0.3 is 9.73 Å². The highest BCUT2D eigenvalue weighted by Crippen LogP contribution is 2.36. The summed E-state index contributed by atoms with van der Waals surface area (Å²) < 4.78 is 5.24. The number of benzene rings is 1. The third-order valence-electron chi connectivity index (χ3n) is 4.23. The maximum Gasteiger partial charge on any atom is 0.234 e. The van der Waals surface area contributed by atoms with E-state index < -0.39 is 0 Å².